The molecule has 0 saturated heterocycles. The zero-order chi connectivity index (χ0) is 10.7. The van der Waals surface area contributed by atoms with E-state index < -0.39 is 0 Å². The molecule has 0 radical (unpaired) electrons. The highest BCUT2D eigenvalue weighted by Crippen LogP contribution is 2.50. The molecule has 1 atom stereocenters. The maximum atomic E-state index is 3.59. The lowest BCUT2D eigenvalue weighted by Gasteiger charge is -2.39. The van der Waals surface area contributed by atoms with Crippen LogP contribution in [0.2, 0.25) is 0 Å². The van der Waals surface area contributed by atoms with Crippen molar-refractivity contribution in [1.29, 1.82) is 0 Å². The number of nitrogens with one attached hydrogen (secondary N) is 1. The minimum absolute atomic E-state index is 0.744. The van der Waals surface area contributed by atoms with E-state index in [2.05, 4.69) is 19.2 Å². The summed E-state index contributed by atoms with van der Waals surface area (Å²) >= 11 is 0. The van der Waals surface area contributed by atoms with Gasteiger partial charge in [-0.3, -0.25) is 0 Å². The van der Waals surface area contributed by atoms with Crippen molar-refractivity contribution < 1.29 is 0 Å². The first-order chi connectivity index (χ1) is 7.26. The third kappa shape index (κ3) is 2.55. The number of rotatable bonds is 3. The van der Waals surface area contributed by atoms with Gasteiger partial charge in [0.05, 0.1) is 0 Å². The molecule has 0 aliphatic heterocycles. The highest BCUT2D eigenvalue weighted by atomic mass is 14.9. The summed E-state index contributed by atoms with van der Waals surface area (Å²) in [5.41, 5.74) is 0.808. The van der Waals surface area contributed by atoms with Gasteiger partial charge in [0, 0.05) is 6.04 Å². The Morgan fingerprint density at radius 2 is 1.73 bits per heavy atom. The molecule has 88 valence electrons. The average Bonchev–Trinajstić information content (AvgIpc) is 2.68. The Morgan fingerprint density at radius 3 is 2.27 bits per heavy atom. The fourth-order valence-electron chi connectivity index (χ4n) is 3.87. The van der Waals surface area contributed by atoms with Crippen LogP contribution in [-0.4, -0.2) is 12.6 Å². The van der Waals surface area contributed by atoms with Crippen LogP contribution in [0.1, 0.15) is 65.2 Å². The van der Waals surface area contributed by atoms with E-state index in [0.29, 0.717) is 0 Å². The van der Waals surface area contributed by atoms with Gasteiger partial charge in [-0.2, -0.15) is 0 Å². The van der Waals surface area contributed by atoms with Crippen LogP contribution < -0.4 is 5.32 Å². The normalized spacial score (nSPS) is 28.4. The highest BCUT2D eigenvalue weighted by molar-refractivity contribution is 4.91. The van der Waals surface area contributed by atoms with Crippen molar-refractivity contribution >= 4 is 0 Å². The zero-order valence-corrected chi connectivity index (χ0v) is 10.5. The van der Waals surface area contributed by atoms with Gasteiger partial charge in [-0.25, -0.2) is 0 Å². The molecule has 2 rings (SSSR count). The molecule has 0 amide bonds. The summed E-state index contributed by atoms with van der Waals surface area (Å²) in [6.07, 6.45) is 12.1. The fourth-order valence-corrected chi connectivity index (χ4v) is 3.87. The highest BCUT2D eigenvalue weighted by Gasteiger charge is 2.38. The first-order valence-corrected chi connectivity index (χ1v) is 6.99. The molecular formula is C14H27N. The van der Waals surface area contributed by atoms with E-state index in [0.717, 1.165) is 23.9 Å². The Bertz CT molecular complexity index is 184. The van der Waals surface area contributed by atoms with E-state index >= 15 is 0 Å². The van der Waals surface area contributed by atoms with Crippen molar-refractivity contribution in [1.82, 2.24) is 5.32 Å². The molecular weight excluding hydrogens is 182 g/mol. The van der Waals surface area contributed by atoms with Gasteiger partial charge in [-0.05, 0) is 63.3 Å². The molecule has 2 saturated carbocycles. The van der Waals surface area contributed by atoms with E-state index in [1.807, 2.05) is 0 Å². The quantitative estimate of drug-likeness (QED) is 0.746. The molecule has 2 aliphatic carbocycles. The summed E-state index contributed by atoms with van der Waals surface area (Å²) in [6.45, 7) is 5.72. The van der Waals surface area contributed by atoms with E-state index in [1.54, 1.807) is 0 Å². The molecule has 15 heavy (non-hydrogen) atoms. The molecule has 1 unspecified atom stereocenters. The lowest BCUT2D eigenvalue weighted by molar-refractivity contribution is 0.137. The van der Waals surface area contributed by atoms with Gasteiger partial charge in [0.25, 0.3) is 0 Å². The molecule has 0 aromatic rings. The fraction of sp³-hybridized carbons (Fsp3) is 1.00. The first-order valence-electron chi connectivity index (χ1n) is 6.99. The lowest BCUT2D eigenvalue weighted by atomic mass is 9.68. The van der Waals surface area contributed by atoms with Crippen LogP contribution in [0.15, 0.2) is 0 Å². The summed E-state index contributed by atoms with van der Waals surface area (Å²) in [4.78, 5) is 0. The minimum Gasteiger partial charge on any atom is -0.314 e. The minimum atomic E-state index is 0.744. The number of hydrogen-bond donors (Lipinski definition) is 1. The van der Waals surface area contributed by atoms with E-state index in [-0.39, 0.29) is 0 Å². The molecule has 0 heterocycles. The molecule has 2 fully saturated rings. The summed E-state index contributed by atoms with van der Waals surface area (Å²) in [5, 5.41) is 3.59. The van der Waals surface area contributed by atoms with Crippen molar-refractivity contribution in [2.24, 2.45) is 11.3 Å². The Hall–Kier alpha value is -0.0400. The average molecular weight is 209 g/mol. The van der Waals surface area contributed by atoms with Crippen LogP contribution >= 0.6 is 0 Å². The zero-order valence-electron chi connectivity index (χ0n) is 10.5. The Labute approximate surface area is 95.0 Å². The van der Waals surface area contributed by atoms with Crippen molar-refractivity contribution in [2.75, 3.05) is 6.54 Å². The van der Waals surface area contributed by atoms with Crippen LogP contribution in [-0.2, 0) is 0 Å². The maximum absolute atomic E-state index is 3.59. The van der Waals surface area contributed by atoms with Gasteiger partial charge in [0.1, 0.15) is 0 Å². The molecule has 1 spiro atoms. The summed E-state index contributed by atoms with van der Waals surface area (Å²) in [6, 6.07) is 0.744. The third-order valence-corrected chi connectivity index (χ3v) is 4.99. The summed E-state index contributed by atoms with van der Waals surface area (Å²) < 4.78 is 0. The second-order valence-electron chi connectivity index (χ2n) is 5.89. The van der Waals surface area contributed by atoms with E-state index in [9.17, 15) is 0 Å². The molecule has 0 aromatic carbocycles. The number of hydrogen-bond acceptors (Lipinski definition) is 1. The molecule has 1 heteroatoms. The van der Waals surface area contributed by atoms with Gasteiger partial charge < -0.3 is 5.32 Å². The van der Waals surface area contributed by atoms with Crippen LogP contribution in [0.5, 0.6) is 0 Å². The smallest absolute Gasteiger partial charge is 0.00668 e. The van der Waals surface area contributed by atoms with Crippen LogP contribution in [0.3, 0.4) is 0 Å². The van der Waals surface area contributed by atoms with E-state index in [4.69, 9.17) is 0 Å². The Kier molecular flexibility index (Phi) is 3.71. The van der Waals surface area contributed by atoms with Gasteiger partial charge in [0.2, 0.25) is 0 Å². The van der Waals surface area contributed by atoms with Gasteiger partial charge >= 0.3 is 0 Å². The molecule has 0 bridgehead atoms. The SMILES string of the molecule is CCNC(C)C1CCC2(CCCC2)CC1. The topological polar surface area (TPSA) is 12.0 Å². The van der Waals surface area contributed by atoms with Crippen molar-refractivity contribution in [3.63, 3.8) is 0 Å². The Morgan fingerprint density at radius 1 is 1.13 bits per heavy atom. The predicted molar refractivity (Wildman–Crippen MR) is 66.0 cm³/mol. The second kappa shape index (κ2) is 4.86. The van der Waals surface area contributed by atoms with Crippen LogP contribution in [0.4, 0.5) is 0 Å². The molecule has 2 aliphatic rings. The van der Waals surface area contributed by atoms with Crippen molar-refractivity contribution in [3.05, 3.63) is 0 Å². The van der Waals surface area contributed by atoms with Gasteiger partial charge in [0.15, 0.2) is 0 Å². The third-order valence-electron chi connectivity index (χ3n) is 4.99. The Balaban J connectivity index is 1.81. The largest absolute Gasteiger partial charge is 0.314 e. The monoisotopic (exact) mass is 209 g/mol. The summed E-state index contributed by atoms with van der Waals surface area (Å²) in [5.74, 6) is 0.955. The standard InChI is InChI=1S/C14H27N/c1-3-15-12(2)13-6-10-14(11-7-13)8-4-5-9-14/h12-13,15H,3-11H2,1-2H3. The van der Waals surface area contributed by atoms with Crippen molar-refractivity contribution in [3.8, 4) is 0 Å². The summed E-state index contributed by atoms with van der Waals surface area (Å²) in [7, 11) is 0. The van der Waals surface area contributed by atoms with Crippen LogP contribution in [0, 0.1) is 11.3 Å². The first kappa shape index (κ1) is 11.4. The predicted octanol–water partition coefficient (Wildman–Crippen LogP) is 3.74. The lowest BCUT2D eigenvalue weighted by Crippen LogP contribution is -2.37. The van der Waals surface area contributed by atoms with Gasteiger partial charge in [-0.1, -0.05) is 19.8 Å². The van der Waals surface area contributed by atoms with E-state index in [1.165, 1.54) is 51.4 Å². The maximum Gasteiger partial charge on any atom is 0.00668 e. The second-order valence-corrected chi connectivity index (χ2v) is 5.89. The molecule has 0 aromatic heterocycles. The molecule has 1 N–H and O–H groups in total. The van der Waals surface area contributed by atoms with Gasteiger partial charge in [-0.15, -0.1) is 0 Å². The van der Waals surface area contributed by atoms with Crippen molar-refractivity contribution in [2.45, 2.75) is 71.3 Å². The molecule has 1 nitrogen and oxygen atoms in total. The van der Waals surface area contributed by atoms with Crippen LogP contribution in [0.25, 0.3) is 0 Å².